The summed E-state index contributed by atoms with van der Waals surface area (Å²) >= 11 is 0. The summed E-state index contributed by atoms with van der Waals surface area (Å²) in [6, 6.07) is -1.53. The Balaban J connectivity index is 4.45. The Kier molecular flexibility index (Phi) is 38.9. The number of hydrogen-bond donors (Lipinski definition) is 3. The normalized spacial score (nSPS) is 14.3. The second-order valence-corrected chi connectivity index (χ2v) is 16.3. The van der Waals surface area contributed by atoms with Crippen molar-refractivity contribution < 1.29 is 47.5 Å². The van der Waals surface area contributed by atoms with E-state index < -0.39 is 51.1 Å². The average molecular weight is 838 g/mol. The number of phosphoric ester groups is 1. The molecule has 0 saturated carbocycles. The molecule has 0 heterocycles. The van der Waals surface area contributed by atoms with Crippen LogP contribution in [0.2, 0.25) is 0 Å². The average Bonchev–Trinajstić information content (AvgIpc) is 3.20. The standard InChI is InChI=1S/C46H80NO10P/c1-3-5-7-9-11-13-15-17-19-21-23-25-27-29-31-33-35-37-44(48)54-39-42(40-55-58(52,53)56-41-43(47)46(50)51)57-45(49)38-36-34-32-30-28-26-24-22-20-18-16-14-12-10-8-6-4-2/h11,13,17-20,24,26,30,32,42-43H,3-10,12,14-16,21-23,25,27-29,31,33-41,47H2,1-2H3,(H,50,51)(H,52,53)/b13-11-,19-17-,20-18-,26-24-,32-30-/t42-,43+/m1/s1. The van der Waals surface area contributed by atoms with Gasteiger partial charge in [0.05, 0.1) is 13.2 Å². The first kappa shape index (κ1) is 55.2. The summed E-state index contributed by atoms with van der Waals surface area (Å²) in [5.74, 6) is -2.46. The molecule has 0 spiro atoms. The van der Waals surface area contributed by atoms with Crippen molar-refractivity contribution in [2.75, 3.05) is 19.8 Å². The van der Waals surface area contributed by atoms with Gasteiger partial charge in [0.1, 0.15) is 12.6 Å². The highest BCUT2D eigenvalue weighted by Gasteiger charge is 2.28. The lowest BCUT2D eigenvalue weighted by atomic mass is 10.1. The van der Waals surface area contributed by atoms with Gasteiger partial charge in [-0.3, -0.25) is 23.4 Å². The fourth-order valence-electron chi connectivity index (χ4n) is 5.70. The summed E-state index contributed by atoms with van der Waals surface area (Å²) in [6.45, 7) is 2.71. The smallest absolute Gasteiger partial charge is 0.472 e. The summed E-state index contributed by atoms with van der Waals surface area (Å²) in [4.78, 5) is 46.0. The van der Waals surface area contributed by atoms with Gasteiger partial charge >= 0.3 is 25.7 Å². The third kappa shape index (κ3) is 40.0. The van der Waals surface area contributed by atoms with Crippen LogP contribution in [0.25, 0.3) is 0 Å². The van der Waals surface area contributed by atoms with Crippen LogP contribution in [0.4, 0.5) is 0 Å². The zero-order chi connectivity index (χ0) is 42.8. The van der Waals surface area contributed by atoms with Crippen LogP contribution in [0.3, 0.4) is 0 Å². The van der Waals surface area contributed by atoms with E-state index in [4.69, 9.17) is 24.8 Å². The van der Waals surface area contributed by atoms with E-state index in [2.05, 4.69) is 67.0 Å². The van der Waals surface area contributed by atoms with E-state index >= 15 is 0 Å². The molecule has 0 aromatic heterocycles. The molecule has 0 aromatic rings. The van der Waals surface area contributed by atoms with Gasteiger partial charge in [-0.15, -0.1) is 0 Å². The fourth-order valence-corrected chi connectivity index (χ4v) is 6.48. The maximum Gasteiger partial charge on any atom is 0.472 e. The van der Waals surface area contributed by atoms with E-state index in [1.165, 1.54) is 77.0 Å². The number of allylic oxidation sites excluding steroid dienone is 10. The Morgan fingerprint density at radius 1 is 0.534 bits per heavy atom. The maximum atomic E-state index is 12.6. The van der Waals surface area contributed by atoms with E-state index in [9.17, 15) is 23.8 Å². The summed E-state index contributed by atoms with van der Waals surface area (Å²) in [5, 5.41) is 8.89. The lowest BCUT2D eigenvalue weighted by Gasteiger charge is -2.20. The molecule has 3 atom stereocenters. The highest BCUT2D eigenvalue weighted by molar-refractivity contribution is 7.47. The zero-order valence-corrected chi connectivity index (χ0v) is 37.0. The number of phosphoric acid groups is 1. The Labute approximate surface area is 351 Å². The number of carbonyl (C=O) groups is 3. The number of aliphatic carboxylic acids is 1. The highest BCUT2D eigenvalue weighted by atomic mass is 31.2. The van der Waals surface area contributed by atoms with Crippen molar-refractivity contribution in [3.63, 3.8) is 0 Å². The van der Waals surface area contributed by atoms with Crippen molar-refractivity contribution in [1.29, 1.82) is 0 Å². The second-order valence-electron chi connectivity index (χ2n) is 14.8. The highest BCUT2D eigenvalue weighted by Crippen LogP contribution is 2.43. The van der Waals surface area contributed by atoms with Crippen LogP contribution >= 0.6 is 7.82 Å². The van der Waals surface area contributed by atoms with Crippen molar-refractivity contribution in [2.24, 2.45) is 5.73 Å². The van der Waals surface area contributed by atoms with Gasteiger partial charge in [0.25, 0.3) is 0 Å². The minimum absolute atomic E-state index is 0.0856. The predicted molar refractivity (Wildman–Crippen MR) is 235 cm³/mol. The molecule has 11 nitrogen and oxygen atoms in total. The summed E-state index contributed by atoms with van der Waals surface area (Å²) in [7, 11) is -4.73. The van der Waals surface area contributed by atoms with Gasteiger partial charge in [-0.25, -0.2) is 4.57 Å². The third-order valence-corrected chi connectivity index (χ3v) is 10.2. The fraction of sp³-hybridized carbons (Fsp3) is 0.717. The van der Waals surface area contributed by atoms with E-state index in [0.29, 0.717) is 19.3 Å². The van der Waals surface area contributed by atoms with E-state index in [1.54, 1.807) is 0 Å². The number of rotatable bonds is 41. The number of hydrogen-bond acceptors (Lipinski definition) is 9. The molecule has 0 bridgehead atoms. The van der Waals surface area contributed by atoms with Crippen LogP contribution in [-0.2, 0) is 37.5 Å². The molecule has 12 heteroatoms. The molecule has 1 unspecified atom stereocenters. The minimum Gasteiger partial charge on any atom is -0.480 e. The van der Waals surface area contributed by atoms with E-state index in [-0.39, 0.29) is 19.4 Å². The molecule has 334 valence electrons. The number of unbranched alkanes of at least 4 members (excludes halogenated alkanes) is 17. The molecule has 0 saturated heterocycles. The SMILES string of the molecule is CCCCC/C=C\C/C=C\CCCCCCCCCC(=O)OC[C@H](COP(=O)(O)OC[C@H](N)C(=O)O)OC(=O)CCC/C=C\C/C=C\C/C=C\CCCCCCCC. The van der Waals surface area contributed by atoms with Crippen molar-refractivity contribution in [3.05, 3.63) is 60.8 Å². The van der Waals surface area contributed by atoms with Crippen LogP contribution in [0.15, 0.2) is 60.8 Å². The molecule has 58 heavy (non-hydrogen) atoms. The van der Waals surface area contributed by atoms with Crippen molar-refractivity contribution in [3.8, 4) is 0 Å². The molecule has 0 aliphatic rings. The first-order chi connectivity index (χ1) is 28.1. The van der Waals surface area contributed by atoms with E-state index in [1.807, 2.05) is 12.2 Å². The Hall–Kier alpha value is -2.82. The van der Waals surface area contributed by atoms with Crippen LogP contribution in [0.5, 0.6) is 0 Å². The van der Waals surface area contributed by atoms with Gasteiger partial charge in [0.2, 0.25) is 0 Å². The first-order valence-corrected chi connectivity index (χ1v) is 23.8. The molecule has 0 radical (unpaired) electrons. The number of carbonyl (C=O) groups excluding carboxylic acids is 2. The van der Waals surface area contributed by atoms with Gasteiger partial charge in [-0.1, -0.05) is 152 Å². The Morgan fingerprint density at radius 2 is 0.931 bits per heavy atom. The molecular weight excluding hydrogens is 757 g/mol. The van der Waals surface area contributed by atoms with Crippen LogP contribution < -0.4 is 5.73 Å². The van der Waals surface area contributed by atoms with Gasteiger partial charge in [-0.05, 0) is 77.0 Å². The van der Waals surface area contributed by atoms with Crippen molar-refractivity contribution in [2.45, 2.75) is 193 Å². The lowest BCUT2D eigenvalue weighted by Crippen LogP contribution is -2.34. The molecule has 0 aliphatic heterocycles. The van der Waals surface area contributed by atoms with Crippen LogP contribution in [0, 0.1) is 0 Å². The molecule has 0 aromatic carbocycles. The maximum absolute atomic E-state index is 12.6. The van der Waals surface area contributed by atoms with Gasteiger partial charge < -0.3 is 25.2 Å². The lowest BCUT2D eigenvalue weighted by molar-refractivity contribution is -0.161. The molecular formula is C46H80NO10P. The zero-order valence-electron chi connectivity index (χ0n) is 36.1. The number of esters is 2. The molecule has 0 amide bonds. The molecule has 0 aliphatic carbocycles. The van der Waals surface area contributed by atoms with Gasteiger partial charge in [0, 0.05) is 12.8 Å². The number of carboxylic acid groups (broad SMARTS) is 1. The first-order valence-electron chi connectivity index (χ1n) is 22.3. The monoisotopic (exact) mass is 838 g/mol. The quantitative estimate of drug-likeness (QED) is 0.0231. The van der Waals surface area contributed by atoms with Crippen LogP contribution in [0.1, 0.15) is 181 Å². The van der Waals surface area contributed by atoms with E-state index in [0.717, 1.165) is 57.8 Å². The molecule has 4 N–H and O–H groups in total. The number of ether oxygens (including phenoxy) is 2. The third-order valence-electron chi connectivity index (χ3n) is 9.24. The van der Waals surface area contributed by atoms with Crippen molar-refractivity contribution >= 4 is 25.7 Å². The summed E-state index contributed by atoms with van der Waals surface area (Å²) in [5.41, 5.74) is 5.33. The number of nitrogens with two attached hydrogens (primary N) is 1. The number of carboxylic acids is 1. The predicted octanol–water partition coefficient (Wildman–Crippen LogP) is 12.0. The Morgan fingerprint density at radius 3 is 1.45 bits per heavy atom. The molecule has 0 fully saturated rings. The van der Waals surface area contributed by atoms with Gasteiger partial charge in [-0.2, -0.15) is 0 Å². The van der Waals surface area contributed by atoms with Crippen LogP contribution in [-0.4, -0.2) is 59.9 Å². The van der Waals surface area contributed by atoms with Gasteiger partial charge in [0.15, 0.2) is 6.10 Å². The Bertz CT molecular complexity index is 1210. The van der Waals surface area contributed by atoms with Crippen molar-refractivity contribution in [1.82, 2.24) is 0 Å². The largest absolute Gasteiger partial charge is 0.480 e. The molecule has 0 rings (SSSR count). The minimum atomic E-state index is -4.73. The summed E-state index contributed by atoms with van der Waals surface area (Å²) in [6.07, 6.45) is 47.2. The summed E-state index contributed by atoms with van der Waals surface area (Å²) < 4.78 is 32.6. The topological polar surface area (TPSA) is 172 Å². The second kappa shape index (κ2) is 40.9.